The first-order valence-corrected chi connectivity index (χ1v) is 7.80. The Kier molecular flexibility index (Phi) is 4.47. The Morgan fingerprint density at radius 1 is 1.41 bits per heavy atom. The van der Waals surface area contributed by atoms with E-state index in [2.05, 4.69) is 20.8 Å². The van der Waals surface area contributed by atoms with Gasteiger partial charge in [-0.05, 0) is 32.6 Å². The van der Waals surface area contributed by atoms with E-state index in [0.29, 0.717) is 6.04 Å². The van der Waals surface area contributed by atoms with Crippen LogP contribution in [0.15, 0.2) is 0 Å². The molecule has 1 amide bonds. The summed E-state index contributed by atoms with van der Waals surface area (Å²) in [6.07, 6.45) is 6.72. The third-order valence-electron chi connectivity index (χ3n) is 4.02. The Morgan fingerprint density at radius 3 is 2.65 bits per heavy atom. The van der Waals surface area contributed by atoms with Crippen molar-refractivity contribution < 1.29 is 9.53 Å². The highest BCUT2D eigenvalue weighted by molar-refractivity contribution is 9.09. The van der Waals surface area contributed by atoms with Gasteiger partial charge in [-0.3, -0.25) is 4.79 Å². The molecule has 1 unspecified atom stereocenters. The van der Waals surface area contributed by atoms with Gasteiger partial charge in [-0.1, -0.05) is 28.8 Å². The van der Waals surface area contributed by atoms with Gasteiger partial charge in [-0.25, -0.2) is 0 Å². The Bertz CT molecular complexity index is 271. The van der Waals surface area contributed by atoms with E-state index in [0.717, 1.165) is 44.2 Å². The molecule has 1 saturated heterocycles. The highest BCUT2D eigenvalue weighted by atomic mass is 79.9. The van der Waals surface area contributed by atoms with Gasteiger partial charge in [0.15, 0.2) is 0 Å². The van der Waals surface area contributed by atoms with E-state index in [1.807, 2.05) is 6.92 Å². The number of halogens is 1. The number of rotatable bonds is 4. The molecule has 1 aliphatic heterocycles. The Hall–Kier alpha value is -0.0900. The van der Waals surface area contributed by atoms with Crippen LogP contribution in [0.1, 0.15) is 45.4 Å². The van der Waals surface area contributed by atoms with Crippen LogP contribution in [0.25, 0.3) is 0 Å². The van der Waals surface area contributed by atoms with Crippen molar-refractivity contribution in [3.63, 3.8) is 0 Å². The van der Waals surface area contributed by atoms with Crippen molar-refractivity contribution in [3.05, 3.63) is 0 Å². The molecule has 0 radical (unpaired) electrons. The smallest absolute Gasteiger partial charge is 0.254 e. The lowest BCUT2D eigenvalue weighted by molar-refractivity contribution is -0.153. The highest BCUT2D eigenvalue weighted by Crippen LogP contribution is 2.31. The predicted octanol–water partition coefficient (Wildman–Crippen LogP) is 2.72. The first kappa shape index (κ1) is 13.3. The SMILES string of the molecule is CC1(C(=O)N(CCBr)C2CCCC2)CCCO1. The summed E-state index contributed by atoms with van der Waals surface area (Å²) in [5, 5.41) is 0.852. The molecule has 0 aromatic heterocycles. The molecule has 1 aliphatic carbocycles. The number of carbonyl (C=O) groups excluding carboxylic acids is 1. The predicted molar refractivity (Wildman–Crippen MR) is 71.4 cm³/mol. The maximum absolute atomic E-state index is 12.6. The number of alkyl halides is 1. The lowest BCUT2D eigenvalue weighted by Crippen LogP contribution is -2.51. The minimum atomic E-state index is -0.551. The van der Waals surface area contributed by atoms with Crippen molar-refractivity contribution in [2.75, 3.05) is 18.5 Å². The van der Waals surface area contributed by atoms with Crippen LogP contribution in [0.2, 0.25) is 0 Å². The van der Waals surface area contributed by atoms with E-state index >= 15 is 0 Å². The molecule has 17 heavy (non-hydrogen) atoms. The van der Waals surface area contributed by atoms with Crippen LogP contribution >= 0.6 is 15.9 Å². The van der Waals surface area contributed by atoms with Gasteiger partial charge in [0, 0.05) is 24.5 Å². The fourth-order valence-electron chi connectivity index (χ4n) is 3.01. The monoisotopic (exact) mass is 303 g/mol. The normalized spacial score (nSPS) is 29.8. The zero-order valence-corrected chi connectivity index (χ0v) is 12.2. The van der Waals surface area contributed by atoms with Crippen molar-refractivity contribution >= 4 is 21.8 Å². The van der Waals surface area contributed by atoms with E-state index in [1.165, 1.54) is 12.8 Å². The topological polar surface area (TPSA) is 29.5 Å². The first-order chi connectivity index (χ1) is 8.17. The Morgan fingerprint density at radius 2 is 2.12 bits per heavy atom. The fraction of sp³-hybridized carbons (Fsp3) is 0.923. The highest BCUT2D eigenvalue weighted by Gasteiger charge is 2.42. The summed E-state index contributed by atoms with van der Waals surface area (Å²) in [5.74, 6) is 0.210. The molecule has 1 heterocycles. The molecule has 2 fully saturated rings. The minimum absolute atomic E-state index is 0.210. The first-order valence-electron chi connectivity index (χ1n) is 6.68. The lowest BCUT2D eigenvalue weighted by atomic mass is 9.99. The number of amides is 1. The van der Waals surface area contributed by atoms with Gasteiger partial charge in [0.05, 0.1) is 0 Å². The summed E-state index contributed by atoms with van der Waals surface area (Å²) in [7, 11) is 0. The molecular weight excluding hydrogens is 282 g/mol. The molecular formula is C13H22BrNO2. The summed E-state index contributed by atoms with van der Waals surface area (Å²) in [5.41, 5.74) is -0.551. The summed E-state index contributed by atoms with van der Waals surface area (Å²) in [4.78, 5) is 14.7. The molecule has 98 valence electrons. The largest absolute Gasteiger partial charge is 0.365 e. The zero-order chi connectivity index (χ0) is 12.3. The van der Waals surface area contributed by atoms with E-state index in [1.54, 1.807) is 0 Å². The van der Waals surface area contributed by atoms with Crippen molar-refractivity contribution in [2.45, 2.75) is 57.1 Å². The van der Waals surface area contributed by atoms with Crippen molar-refractivity contribution in [3.8, 4) is 0 Å². The molecule has 0 aromatic rings. The maximum atomic E-state index is 12.6. The molecule has 2 rings (SSSR count). The van der Waals surface area contributed by atoms with E-state index < -0.39 is 5.60 Å². The summed E-state index contributed by atoms with van der Waals surface area (Å²) < 4.78 is 5.68. The van der Waals surface area contributed by atoms with Crippen LogP contribution in [0, 0.1) is 0 Å². The summed E-state index contributed by atoms with van der Waals surface area (Å²) in [6, 6.07) is 0.445. The molecule has 0 bridgehead atoms. The van der Waals surface area contributed by atoms with Crippen molar-refractivity contribution in [1.82, 2.24) is 4.90 Å². The molecule has 4 heteroatoms. The summed E-state index contributed by atoms with van der Waals surface area (Å²) in [6.45, 7) is 3.50. The number of carbonyl (C=O) groups is 1. The van der Waals surface area contributed by atoms with Crippen molar-refractivity contribution in [1.29, 1.82) is 0 Å². The minimum Gasteiger partial charge on any atom is -0.365 e. The molecule has 3 nitrogen and oxygen atoms in total. The second-order valence-electron chi connectivity index (χ2n) is 5.31. The quantitative estimate of drug-likeness (QED) is 0.747. The Labute approximate surface area is 112 Å². The molecule has 0 aromatic carbocycles. The van der Waals surface area contributed by atoms with E-state index in [9.17, 15) is 4.79 Å². The number of hydrogen-bond acceptors (Lipinski definition) is 2. The van der Waals surface area contributed by atoms with Crippen LogP contribution in [0.4, 0.5) is 0 Å². The Balaban J connectivity index is 2.06. The molecule has 0 N–H and O–H groups in total. The summed E-state index contributed by atoms with van der Waals surface area (Å²) >= 11 is 3.46. The second kappa shape index (κ2) is 5.70. The van der Waals surface area contributed by atoms with Gasteiger partial charge in [0.25, 0.3) is 5.91 Å². The fourth-order valence-corrected chi connectivity index (χ4v) is 3.39. The van der Waals surface area contributed by atoms with E-state index in [4.69, 9.17) is 4.74 Å². The standard InChI is InChI=1S/C13H22BrNO2/c1-13(7-4-10-17-13)12(16)15(9-8-14)11-5-2-3-6-11/h11H,2-10H2,1H3. The number of nitrogens with zero attached hydrogens (tertiary/aromatic N) is 1. The van der Waals surface area contributed by atoms with Crippen molar-refractivity contribution in [2.24, 2.45) is 0 Å². The van der Waals surface area contributed by atoms with Crippen LogP contribution in [0.3, 0.4) is 0 Å². The van der Waals surface area contributed by atoms with Gasteiger partial charge in [-0.15, -0.1) is 0 Å². The molecule has 1 atom stereocenters. The van der Waals surface area contributed by atoms with Gasteiger partial charge >= 0.3 is 0 Å². The van der Waals surface area contributed by atoms with Gasteiger partial charge in [0.2, 0.25) is 0 Å². The van der Waals surface area contributed by atoms with Crippen LogP contribution in [0.5, 0.6) is 0 Å². The van der Waals surface area contributed by atoms with Crippen LogP contribution in [-0.4, -0.2) is 40.9 Å². The molecule has 1 saturated carbocycles. The maximum Gasteiger partial charge on any atom is 0.254 e. The van der Waals surface area contributed by atoms with Gasteiger partial charge in [0.1, 0.15) is 5.60 Å². The number of hydrogen-bond donors (Lipinski definition) is 0. The zero-order valence-electron chi connectivity index (χ0n) is 10.6. The van der Waals surface area contributed by atoms with Gasteiger partial charge in [-0.2, -0.15) is 0 Å². The third kappa shape index (κ3) is 2.84. The lowest BCUT2D eigenvalue weighted by Gasteiger charge is -2.35. The van der Waals surface area contributed by atoms with Crippen LogP contribution in [-0.2, 0) is 9.53 Å². The second-order valence-corrected chi connectivity index (χ2v) is 6.10. The van der Waals surface area contributed by atoms with E-state index in [-0.39, 0.29) is 5.91 Å². The van der Waals surface area contributed by atoms with Crippen LogP contribution < -0.4 is 0 Å². The molecule has 2 aliphatic rings. The number of ether oxygens (including phenoxy) is 1. The van der Waals surface area contributed by atoms with Gasteiger partial charge < -0.3 is 9.64 Å². The third-order valence-corrected chi connectivity index (χ3v) is 4.38. The average Bonchev–Trinajstić information content (AvgIpc) is 2.96. The molecule has 0 spiro atoms. The average molecular weight is 304 g/mol.